The first kappa shape index (κ1) is 21.3. The van der Waals surface area contributed by atoms with Gasteiger partial charge in [-0.25, -0.2) is 0 Å². The molecule has 2 rings (SSSR count). The van der Waals surface area contributed by atoms with E-state index in [9.17, 15) is 4.79 Å². The zero-order valence-corrected chi connectivity index (χ0v) is 16.9. The average Bonchev–Trinajstić information content (AvgIpc) is 2.70. The lowest BCUT2D eigenvalue weighted by Crippen LogP contribution is -2.44. The molecule has 6 nitrogen and oxygen atoms in total. The fourth-order valence-corrected chi connectivity index (χ4v) is 2.31. The molecule has 2 aromatic carbocycles. The van der Waals surface area contributed by atoms with Crippen molar-refractivity contribution in [2.24, 2.45) is 5.16 Å². The Morgan fingerprint density at radius 1 is 1.14 bits per heavy atom. The predicted octanol–water partition coefficient (Wildman–Crippen LogP) is 3.93. The molecule has 0 heterocycles. The van der Waals surface area contributed by atoms with E-state index in [2.05, 4.69) is 10.5 Å². The van der Waals surface area contributed by atoms with Crippen molar-refractivity contribution in [3.63, 3.8) is 0 Å². The van der Waals surface area contributed by atoms with Crippen LogP contribution in [0.25, 0.3) is 0 Å². The summed E-state index contributed by atoms with van der Waals surface area (Å²) in [5.74, 6) is 1.04. The van der Waals surface area contributed by atoms with Crippen LogP contribution in [0.3, 0.4) is 0 Å². The summed E-state index contributed by atoms with van der Waals surface area (Å²) in [5.41, 5.74) is 1.60. The summed E-state index contributed by atoms with van der Waals surface area (Å²) >= 11 is 0. The van der Waals surface area contributed by atoms with Crippen molar-refractivity contribution in [1.29, 1.82) is 0 Å². The molecule has 0 atom stereocenters. The summed E-state index contributed by atoms with van der Waals surface area (Å²) in [6.07, 6.45) is 2.36. The second-order valence-electron chi connectivity index (χ2n) is 6.98. The molecule has 0 bridgehead atoms. The monoisotopic (exact) mass is 384 g/mol. The summed E-state index contributed by atoms with van der Waals surface area (Å²) in [5, 5.41) is 6.74. The van der Waals surface area contributed by atoms with E-state index in [-0.39, 0.29) is 18.1 Å². The SMILES string of the molecule is CCC(C)(C)NC(=O)CO/N=C/c1ccc(OCc2ccccc2)c(OC)c1. The molecule has 150 valence electrons. The van der Waals surface area contributed by atoms with E-state index in [4.69, 9.17) is 14.3 Å². The van der Waals surface area contributed by atoms with Crippen molar-refractivity contribution < 1.29 is 19.1 Å². The number of nitrogens with one attached hydrogen (secondary N) is 1. The van der Waals surface area contributed by atoms with Crippen LogP contribution in [0.5, 0.6) is 11.5 Å². The Morgan fingerprint density at radius 2 is 1.89 bits per heavy atom. The Kier molecular flexibility index (Phi) is 7.87. The Morgan fingerprint density at radius 3 is 2.57 bits per heavy atom. The highest BCUT2D eigenvalue weighted by Gasteiger charge is 2.17. The van der Waals surface area contributed by atoms with E-state index in [1.807, 2.05) is 63.2 Å². The first-order chi connectivity index (χ1) is 13.4. The molecular formula is C22H28N2O4. The minimum absolute atomic E-state index is 0.130. The van der Waals surface area contributed by atoms with Gasteiger partial charge in [-0.3, -0.25) is 4.79 Å². The van der Waals surface area contributed by atoms with Crippen LogP contribution in [0.1, 0.15) is 38.3 Å². The van der Waals surface area contributed by atoms with Crippen molar-refractivity contribution in [2.75, 3.05) is 13.7 Å². The van der Waals surface area contributed by atoms with Gasteiger partial charge in [-0.05, 0) is 44.0 Å². The molecule has 0 unspecified atom stereocenters. The van der Waals surface area contributed by atoms with E-state index in [1.165, 1.54) is 6.21 Å². The molecule has 0 spiro atoms. The highest BCUT2D eigenvalue weighted by atomic mass is 16.6. The maximum atomic E-state index is 11.8. The second kappa shape index (κ2) is 10.3. The Labute approximate surface area is 166 Å². The molecule has 0 aliphatic rings. The number of carbonyl (C=O) groups excluding carboxylic acids is 1. The zero-order chi connectivity index (χ0) is 20.4. The number of oxime groups is 1. The van der Waals surface area contributed by atoms with Crippen LogP contribution in [-0.4, -0.2) is 31.4 Å². The first-order valence-electron chi connectivity index (χ1n) is 9.24. The summed E-state index contributed by atoms with van der Waals surface area (Å²) < 4.78 is 11.2. The van der Waals surface area contributed by atoms with Gasteiger partial charge in [-0.15, -0.1) is 0 Å². The van der Waals surface area contributed by atoms with Gasteiger partial charge in [0.1, 0.15) is 6.61 Å². The van der Waals surface area contributed by atoms with Crippen LogP contribution in [0, 0.1) is 0 Å². The number of methoxy groups -OCH3 is 1. The number of carbonyl (C=O) groups is 1. The molecule has 0 radical (unpaired) electrons. The molecular weight excluding hydrogens is 356 g/mol. The molecule has 0 aromatic heterocycles. The van der Waals surface area contributed by atoms with Gasteiger partial charge < -0.3 is 19.6 Å². The van der Waals surface area contributed by atoms with E-state index >= 15 is 0 Å². The number of nitrogens with zero attached hydrogens (tertiary/aromatic N) is 1. The minimum atomic E-state index is -0.257. The van der Waals surface area contributed by atoms with Gasteiger partial charge in [0, 0.05) is 11.1 Å². The maximum Gasteiger partial charge on any atom is 0.261 e. The molecule has 28 heavy (non-hydrogen) atoms. The summed E-state index contributed by atoms with van der Waals surface area (Å²) in [6, 6.07) is 15.4. The number of amides is 1. The van der Waals surface area contributed by atoms with Crippen molar-refractivity contribution in [2.45, 2.75) is 39.3 Å². The third kappa shape index (κ3) is 6.95. The molecule has 6 heteroatoms. The smallest absolute Gasteiger partial charge is 0.261 e. The highest BCUT2D eigenvalue weighted by molar-refractivity contribution is 5.81. The standard InChI is InChI=1S/C22H28N2O4/c1-5-22(2,3)24-21(25)16-28-23-14-18-11-12-19(20(13-18)26-4)27-15-17-9-7-6-8-10-17/h6-14H,5,15-16H2,1-4H3,(H,24,25)/b23-14+. The number of rotatable bonds is 10. The topological polar surface area (TPSA) is 69.2 Å². The van der Waals surface area contributed by atoms with Gasteiger partial charge >= 0.3 is 0 Å². The Balaban J connectivity index is 1.88. The molecule has 0 aliphatic carbocycles. The number of benzene rings is 2. The van der Waals surface area contributed by atoms with Gasteiger partial charge in [0.15, 0.2) is 18.1 Å². The van der Waals surface area contributed by atoms with Crippen LogP contribution in [-0.2, 0) is 16.2 Å². The van der Waals surface area contributed by atoms with E-state index in [1.54, 1.807) is 13.2 Å². The van der Waals surface area contributed by atoms with Gasteiger partial charge in [0.2, 0.25) is 0 Å². The van der Waals surface area contributed by atoms with Crippen LogP contribution in [0.4, 0.5) is 0 Å². The predicted molar refractivity (Wildman–Crippen MR) is 110 cm³/mol. The number of hydrogen-bond donors (Lipinski definition) is 1. The minimum Gasteiger partial charge on any atom is -0.493 e. The molecule has 0 saturated heterocycles. The Hall–Kier alpha value is -3.02. The lowest BCUT2D eigenvalue weighted by Gasteiger charge is -2.23. The van der Waals surface area contributed by atoms with Crippen LogP contribution in [0.2, 0.25) is 0 Å². The molecule has 2 aromatic rings. The largest absolute Gasteiger partial charge is 0.493 e. The van der Waals surface area contributed by atoms with Crippen molar-refractivity contribution in [3.8, 4) is 11.5 Å². The average molecular weight is 384 g/mol. The summed E-state index contributed by atoms with van der Waals surface area (Å²) in [4.78, 5) is 16.9. The van der Waals surface area contributed by atoms with Gasteiger partial charge in [0.05, 0.1) is 13.3 Å². The van der Waals surface area contributed by atoms with E-state index in [0.29, 0.717) is 18.1 Å². The Bertz CT molecular complexity index is 788. The van der Waals surface area contributed by atoms with Gasteiger partial charge in [-0.2, -0.15) is 0 Å². The second-order valence-corrected chi connectivity index (χ2v) is 6.98. The molecule has 0 aliphatic heterocycles. The lowest BCUT2D eigenvalue weighted by molar-refractivity contribution is -0.127. The maximum absolute atomic E-state index is 11.8. The van der Waals surface area contributed by atoms with E-state index < -0.39 is 0 Å². The normalized spacial score (nSPS) is 11.3. The first-order valence-corrected chi connectivity index (χ1v) is 9.24. The van der Waals surface area contributed by atoms with Crippen molar-refractivity contribution in [1.82, 2.24) is 5.32 Å². The third-order valence-corrected chi connectivity index (χ3v) is 4.26. The van der Waals surface area contributed by atoms with Crippen LogP contribution in [0.15, 0.2) is 53.7 Å². The summed E-state index contributed by atoms with van der Waals surface area (Å²) in [7, 11) is 1.59. The summed E-state index contributed by atoms with van der Waals surface area (Å²) in [6.45, 7) is 6.26. The van der Waals surface area contributed by atoms with Gasteiger partial charge in [-0.1, -0.05) is 42.4 Å². The zero-order valence-electron chi connectivity index (χ0n) is 16.9. The third-order valence-electron chi connectivity index (χ3n) is 4.26. The van der Waals surface area contributed by atoms with Crippen LogP contribution >= 0.6 is 0 Å². The quantitative estimate of drug-likeness (QED) is 0.498. The molecule has 0 fully saturated rings. The van der Waals surface area contributed by atoms with Crippen molar-refractivity contribution in [3.05, 3.63) is 59.7 Å². The van der Waals surface area contributed by atoms with E-state index in [0.717, 1.165) is 17.5 Å². The molecule has 0 saturated carbocycles. The number of hydrogen-bond acceptors (Lipinski definition) is 5. The highest BCUT2D eigenvalue weighted by Crippen LogP contribution is 2.28. The van der Waals surface area contributed by atoms with Gasteiger partial charge in [0.25, 0.3) is 5.91 Å². The fraction of sp³-hybridized carbons (Fsp3) is 0.364. The molecule has 1 N–H and O–H groups in total. The fourth-order valence-electron chi connectivity index (χ4n) is 2.31. The molecule has 1 amide bonds. The van der Waals surface area contributed by atoms with Crippen LogP contribution < -0.4 is 14.8 Å². The van der Waals surface area contributed by atoms with Crippen molar-refractivity contribution >= 4 is 12.1 Å². The number of ether oxygens (including phenoxy) is 2. The lowest BCUT2D eigenvalue weighted by atomic mass is 10.0.